The molecule has 0 radical (unpaired) electrons. The Morgan fingerprint density at radius 1 is 1.10 bits per heavy atom. The summed E-state index contributed by atoms with van der Waals surface area (Å²) in [5.41, 5.74) is 0.0610. The summed E-state index contributed by atoms with van der Waals surface area (Å²) < 4.78 is 73.5. The van der Waals surface area contributed by atoms with Gasteiger partial charge >= 0.3 is 19.7 Å². The van der Waals surface area contributed by atoms with Gasteiger partial charge in [-0.3, -0.25) is 9.36 Å². The van der Waals surface area contributed by atoms with E-state index in [4.69, 9.17) is 13.8 Å². The zero-order valence-corrected chi connectivity index (χ0v) is 29.3. The van der Waals surface area contributed by atoms with Crippen molar-refractivity contribution in [2.45, 2.75) is 64.7 Å². The molecule has 0 spiro atoms. The van der Waals surface area contributed by atoms with E-state index in [0.717, 1.165) is 5.56 Å². The van der Waals surface area contributed by atoms with Crippen LogP contribution in [0.4, 0.5) is 36.3 Å². The first-order chi connectivity index (χ1) is 23.6. The highest BCUT2D eigenvalue weighted by atomic mass is 31.2. The summed E-state index contributed by atoms with van der Waals surface area (Å²) in [6.45, 7) is 5.56. The largest absolute Gasteiger partial charge is 0.495 e. The van der Waals surface area contributed by atoms with Gasteiger partial charge in [0.2, 0.25) is 11.8 Å². The topological polar surface area (TPSA) is 157 Å². The number of rotatable bonds is 13. The van der Waals surface area contributed by atoms with Gasteiger partial charge in [-0.05, 0) is 81.7 Å². The van der Waals surface area contributed by atoms with Gasteiger partial charge < -0.3 is 39.2 Å². The number of anilines is 4. The second kappa shape index (κ2) is 14.5. The molecular formula is C34H41F3N5O7P. The molecule has 1 saturated carbocycles. The van der Waals surface area contributed by atoms with Crippen LogP contribution < -0.4 is 15.4 Å². The monoisotopic (exact) mass is 719 g/mol. The van der Waals surface area contributed by atoms with Gasteiger partial charge in [-0.1, -0.05) is 12.1 Å². The predicted octanol–water partition coefficient (Wildman–Crippen LogP) is 8.70. The lowest BCUT2D eigenvalue weighted by atomic mass is 9.69. The smallest absolute Gasteiger partial charge is 0.421 e. The molecule has 0 bridgehead atoms. The minimum Gasteiger partial charge on any atom is -0.495 e. The molecule has 0 unspecified atom stereocenters. The molecule has 2 aromatic heterocycles. The molecule has 270 valence electrons. The third-order valence-corrected chi connectivity index (χ3v) is 11.1. The van der Waals surface area contributed by atoms with Crippen molar-refractivity contribution in [1.82, 2.24) is 14.5 Å². The summed E-state index contributed by atoms with van der Waals surface area (Å²) in [6.07, 6.45) is -0.265. The van der Waals surface area contributed by atoms with Gasteiger partial charge in [-0.25, -0.2) is 4.98 Å². The molecule has 4 N–H and O–H groups in total. The van der Waals surface area contributed by atoms with E-state index in [0.29, 0.717) is 53.9 Å². The molecule has 0 saturated heterocycles. The Kier molecular flexibility index (Phi) is 10.7. The molecule has 0 aliphatic heterocycles. The van der Waals surface area contributed by atoms with Crippen LogP contribution in [0.3, 0.4) is 0 Å². The number of nitrogens with zero attached hydrogens (tertiary/aromatic N) is 3. The Morgan fingerprint density at radius 3 is 2.36 bits per heavy atom. The number of carbonyl (C=O) groups is 1. The van der Waals surface area contributed by atoms with E-state index >= 15 is 0 Å². The average Bonchev–Trinajstić information content (AvgIpc) is 3.36. The summed E-state index contributed by atoms with van der Waals surface area (Å²) >= 11 is 0. The fraction of sp³-hybridized carbons (Fsp3) is 0.441. The molecule has 12 nitrogen and oxygen atoms in total. The Hall–Kier alpha value is -4.33. The number of aliphatic carboxylic acids is 1. The van der Waals surface area contributed by atoms with Crippen molar-refractivity contribution in [3.05, 3.63) is 59.4 Å². The number of carboxylic acids is 1. The maximum atomic E-state index is 14.2. The molecule has 1 aliphatic rings. The number of halogens is 3. The van der Waals surface area contributed by atoms with Crippen molar-refractivity contribution in [2.75, 3.05) is 31.0 Å². The van der Waals surface area contributed by atoms with Gasteiger partial charge in [0.05, 0.1) is 48.7 Å². The first-order valence-electron chi connectivity index (χ1n) is 16.2. The Balaban J connectivity index is 1.47. The standard InChI is InChI=1S/C34H41F3N5O7P/c1-6-48-50(46,49-7-2)19-20-8-10-25(27(16-20)47-5)40-32-38-17-24(34(35,36)37)29(41-32)39-26-11-9-22(23-18-42(4)30(43)28(23)26)21-12-14-33(3,15-13-21)31(44)45/h8-11,16-18,21,43H,6-7,12-15,19H2,1-5H3,(H,44,45)(H2,38,39,40,41). The summed E-state index contributed by atoms with van der Waals surface area (Å²) in [4.78, 5) is 19.9. The van der Waals surface area contributed by atoms with E-state index in [-0.39, 0.29) is 48.6 Å². The maximum absolute atomic E-state index is 14.2. The maximum Gasteiger partial charge on any atom is 0.421 e. The number of ether oxygens (including phenoxy) is 1. The lowest BCUT2D eigenvalue weighted by Crippen LogP contribution is -2.31. The van der Waals surface area contributed by atoms with Crippen LogP contribution in [0.5, 0.6) is 11.6 Å². The van der Waals surface area contributed by atoms with Crippen LogP contribution in [-0.2, 0) is 37.8 Å². The zero-order chi connectivity index (χ0) is 36.4. The second-order valence-corrected chi connectivity index (χ2v) is 14.6. The number of aromatic nitrogens is 3. The van der Waals surface area contributed by atoms with Crippen molar-refractivity contribution in [3.8, 4) is 11.6 Å². The van der Waals surface area contributed by atoms with Gasteiger partial charge in [-0.15, -0.1) is 0 Å². The summed E-state index contributed by atoms with van der Waals surface area (Å²) in [5, 5.41) is 27.4. The van der Waals surface area contributed by atoms with Gasteiger partial charge in [-0.2, -0.15) is 18.2 Å². The van der Waals surface area contributed by atoms with E-state index in [2.05, 4.69) is 20.6 Å². The predicted molar refractivity (Wildman–Crippen MR) is 183 cm³/mol. The molecule has 5 rings (SSSR count). The Bertz CT molecular complexity index is 1920. The fourth-order valence-electron chi connectivity index (χ4n) is 6.36. The molecule has 0 atom stereocenters. The minimum atomic E-state index is -4.81. The van der Waals surface area contributed by atoms with Crippen molar-refractivity contribution in [1.29, 1.82) is 0 Å². The Labute approximate surface area is 287 Å². The number of carboxylic acid groups (broad SMARTS) is 1. The van der Waals surface area contributed by atoms with Crippen LogP contribution in [0.15, 0.2) is 42.7 Å². The molecule has 50 heavy (non-hydrogen) atoms. The highest BCUT2D eigenvalue weighted by molar-refractivity contribution is 7.53. The summed E-state index contributed by atoms with van der Waals surface area (Å²) in [6, 6.07) is 8.26. The third-order valence-electron chi connectivity index (χ3n) is 9.09. The molecule has 16 heteroatoms. The molecule has 1 fully saturated rings. The van der Waals surface area contributed by atoms with E-state index in [9.17, 15) is 32.7 Å². The normalized spacial score (nSPS) is 18.3. The highest BCUT2D eigenvalue weighted by Gasteiger charge is 2.39. The highest BCUT2D eigenvalue weighted by Crippen LogP contribution is 2.52. The van der Waals surface area contributed by atoms with Crippen molar-refractivity contribution in [3.63, 3.8) is 0 Å². The Morgan fingerprint density at radius 2 is 1.76 bits per heavy atom. The van der Waals surface area contributed by atoms with Crippen LogP contribution in [-0.4, -0.2) is 51.0 Å². The van der Waals surface area contributed by atoms with Crippen molar-refractivity contribution >= 4 is 47.5 Å². The van der Waals surface area contributed by atoms with Gasteiger partial charge in [0.15, 0.2) is 0 Å². The fourth-order valence-corrected chi connectivity index (χ4v) is 8.05. The van der Waals surface area contributed by atoms with Crippen molar-refractivity contribution in [2.24, 2.45) is 12.5 Å². The first kappa shape index (κ1) is 36.9. The van der Waals surface area contributed by atoms with Crippen LogP contribution in [0.25, 0.3) is 10.8 Å². The van der Waals surface area contributed by atoms with Crippen LogP contribution >= 0.6 is 7.60 Å². The first-order valence-corrected chi connectivity index (χ1v) is 17.9. The number of alkyl halides is 3. The summed E-state index contributed by atoms with van der Waals surface area (Å²) in [5.74, 6) is -1.41. The lowest BCUT2D eigenvalue weighted by molar-refractivity contribution is -0.150. The number of benzene rings is 2. The third kappa shape index (κ3) is 7.69. The van der Waals surface area contributed by atoms with Crippen molar-refractivity contribution < 1.29 is 46.5 Å². The van der Waals surface area contributed by atoms with Gasteiger partial charge in [0, 0.05) is 24.8 Å². The quantitative estimate of drug-likeness (QED) is 0.0980. The van der Waals surface area contributed by atoms with E-state index in [1.54, 1.807) is 64.3 Å². The lowest BCUT2D eigenvalue weighted by Gasteiger charge is -2.34. The molecular weight excluding hydrogens is 678 g/mol. The number of aryl methyl sites for hydroxylation is 1. The number of methoxy groups -OCH3 is 1. The number of nitrogens with one attached hydrogen (secondary N) is 2. The van der Waals surface area contributed by atoms with Gasteiger partial charge in [0.25, 0.3) is 0 Å². The van der Waals surface area contributed by atoms with E-state index < -0.39 is 36.5 Å². The van der Waals surface area contributed by atoms with Crippen LogP contribution in [0.2, 0.25) is 0 Å². The average molecular weight is 720 g/mol. The number of fused-ring (bicyclic) bond motifs is 1. The minimum absolute atomic E-state index is 0.00742. The molecule has 2 aromatic carbocycles. The van der Waals surface area contributed by atoms with Gasteiger partial charge in [0.1, 0.15) is 17.1 Å². The summed E-state index contributed by atoms with van der Waals surface area (Å²) in [7, 11) is -0.370. The van der Waals surface area contributed by atoms with E-state index in [1.807, 2.05) is 0 Å². The molecule has 0 amide bonds. The zero-order valence-electron chi connectivity index (χ0n) is 28.4. The number of aromatic hydroxyl groups is 1. The van der Waals surface area contributed by atoms with Crippen LogP contribution in [0, 0.1) is 5.41 Å². The number of hydrogen-bond donors (Lipinski definition) is 4. The van der Waals surface area contributed by atoms with E-state index in [1.165, 1.54) is 11.7 Å². The molecule has 2 heterocycles. The molecule has 4 aromatic rings. The SMILES string of the molecule is CCOP(=O)(Cc1ccc(Nc2ncc(C(F)(F)F)c(Nc3ccc(C4CCC(C)(C(=O)O)CC4)c4cn(C)c(O)c34)n2)c(OC)c1)OCC. The number of hydrogen-bond acceptors (Lipinski definition) is 10. The molecule has 1 aliphatic carbocycles. The second-order valence-electron chi connectivity index (χ2n) is 12.5. The van der Waals surface area contributed by atoms with Crippen LogP contribution in [0.1, 0.15) is 69.1 Å².